The monoisotopic (exact) mass is 287 g/mol. The highest BCUT2D eigenvalue weighted by Crippen LogP contribution is 2.40. The molecule has 18 heavy (non-hydrogen) atoms. The van der Waals surface area contributed by atoms with Gasteiger partial charge in [-0.05, 0) is 30.3 Å². The lowest BCUT2D eigenvalue weighted by Crippen LogP contribution is -2.44. The van der Waals surface area contributed by atoms with Crippen molar-refractivity contribution in [2.24, 2.45) is 0 Å². The van der Waals surface area contributed by atoms with Crippen molar-refractivity contribution in [1.82, 2.24) is 0 Å². The Bertz CT molecular complexity index is 469. The number of rotatable bonds is 3. The quantitative estimate of drug-likeness (QED) is 0.462. The Hall–Kier alpha value is -1.07. The first-order chi connectivity index (χ1) is 8.04. The molecule has 6 heteroatoms. The molecule has 0 bridgehead atoms. The summed E-state index contributed by atoms with van der Waals surface area (Å²) in [5, 5.41) is 11.3. The molecule has 0 aliphatic rings. The van der Waals surface area contributed by atoms with Crippen LogP contribution in [0.15, 0.2) is 18.2 Å². The van der Waals surface area contributed by atoms with Crippen molar-refractivity contribution in [3.05, 3.63) is 33.3 Å². The summed E-state index contributed by atoms with van der Waals surface area (Å²) < 4.78 is 5.95. The zero-order valence-corrected chi connectivity index (χ0v) is 13.0. The van der Waals surface area contributed by atoms with E-state index in [4.69, 9.17) is 16.0 Å². The summed E-state index contributed by atoms with van der Waals surface area (Å²) in [5.41, 5.74) is -0.0766. The first kappa shape index (κ1) is 15.0. The second-order valence-corrected chi connectivity index (χ2v) is 10.9. The van der Waals surface area contributed by atoms with Gasteiger partial charge in [0.05, 0.1) is 4.92 Å². The van der Waals surface area contributed by atoms with Crippen molar-refractivity contribution in [2.75, 3.05) is 0 Å². The summed E-state index contributed by atoms with van der Waals surface area (Å²) in [7, 11) is -2.09. The molecule has 1 aromatic rings. The minimum Gasteiger partial charge on any atom is -0.539 e. The van der Waals surface area contributed by atoms with E-state index in [2.05, 4.69) is 20.8 Å². The van der Waals surface area contributed by atoms with Crippen LogP contribution in [0, 0.1) is 10.1 Å². The van der Waals surface area contributed by atoms with Crippen LogP contribution in [0.5, 0.6) is 5.75 Å². The predicted molar refractivity (Wildman–Crippen MR) is 75.9 cm³/mol. The molecule has 0 amide bonds. The number of nitro benzene ring substituents is 1. The molecule has 0 aliphatic heterocycles. The van der Waals surface area contributed by atoms with Crippen LogP contribution in [0.3, 0.4) is 0 Å². The van der Waals surface area contributed by atoms with Crippen molar-refractivity contribution in [2.45, 2.75) is 38.9 Å². The van der Waals surface area contributed by atoms with E-state index in [0.717, 1.165) is 0 Å². The Morgan fingerprint density at radius 1 is 1.33 bits per heavy atom. The van der Waals surface area contributed by atoms with E-state index in [0.29, 0.717) is 10.8 Å². The van der Waals surface area contributed by atoms with Gasteiger partial charge >= 0.3 is 5.69 Å². The molecule has 100 valence electrons. The van der Waals surface area contributed by atoms with Crippen molar-refractivity contribution < 1.29 is 9.35 Å². The SMILES string of the molecule is CC(C)(C)[Si](C)(C)Oc1ccc(Cl)cc1[N+](=O)[O-]. The number of hydrogen-bond acceptors (Lipinski definition) is 3. The standard InChI is InChI=1S/C12H18ClNO3Si/c1-12(2,3)18(4,5)17-11-7-6-9(13)8-10(11)14(15)16/h6-8H,1-5H3. The third-order valence-corrected chi connectivity index (χ3v) is 7.87. The predicted octanol–water partition coefficient (Wildman–Crippen LogP) is 4.63. The second kappa shape index (κ2) is 4.89. The van der Waals surface area contributed by atoms with Crippen molar-refractivity contribution in [3.8, 4) is 5.75 Å². The summed E-state index contributed by atoms with van der Waals surface area (Å²) in [4.78, 5) is 10.5. The Balaban J connectivity index is 3.16. The highest BCUT2D eigenvalue weighted by atomic mass is 35.5. The molecule has 0 saturated heterocycles. The zero-order valence-electron chi connectivity index (χ0n) is 11.3. The van der Waals surface area contributed by atoms with E-state index in [1.807, 2.05) is 13.1 Å². The van der Waals surface area contributed by atoms with Gasteiger partial charge in [-0.25, -0.2) is 0 Å². The summed E-state index contributed by atoms with van der Waals surface area (Å²) >= 11 is 5.77. The first-order valence-electron chi connectivity index (χ1n) is 5.67. The highest BCUT2D eigenvalue weighted by Gasteiger charge is 2.40. The van der Waals surface area contributed by atoms with Gasteiger partial charge in [0.25, 0.3) is 8.32 Å². The molecule has 0 heterocycles. The molecular formula is C12H18ClNO3Si. The fourth-order valence-corrected chi connectivity index (χ4v) is 2.34. The number of nitro groups is 1. The average Bonchev–Trinajstić information content (AvgIpc) is 2.18. The Morgan fingerprint density at radius 3 is 2.33 bits per heavy atom. The third-order valence-electron chi connectivity index (χ3n) is 3.29. The lowest BCUT2D eigenvalue weighted by molar-refractivity contribution is -0.385. The van der Waals surface area contributed by atoms with E-state index in [-0.39, 0.29) is 10.7 Å². The van der Waals surface area contributed by atoms with Gasteiger partial charge in [-0.1, -0.05) is 32.4 Å². The minimum absolute atomic E-state index is 0.0134. The summed E-state index contributed by atoms with van der Waals surface area (Å²) in [6.45, 7) is 10.3. The maximum absolute atomic E-state index is 11.0. The molecule has 4 nitrogen and oxygen atoms in total. The van der Waals surface area contributed by atoms with Crippen molar-refractivity contribution >= 4 is 25.6 Å². The lowest BCUT2D eigenvalue weighted by Gasteiger charge is -2.36. The van der Waals surface area contributed by atoms with E-state index in [1.54, 1.807) is 12.1 Å². The van der Waals surface area contributed by atoms with Gasteiger partial charge in [0.1, 0.15) is 0 Å². The Morgan fingerprint density at radius 2 is 1.89 bits per heavy atom. The fraction of sp³-hybridized carbons (Fsp3) is 0.500. The van der Waals surface area contributed by atoms with Crippen molar-refractivity contribution in [3.63, 3.8) is 0 Å². The van der Waals surface area contributed by atoms with E-state index < -0.39 is 13.2 Å². The summed E-state index contributed by atoms with van der Waals surface area (Å²) in [6, 6.07) is 4.50. The number of halogens is 1. The number of benzene rings is 1. The van der Waals surface area contributed by atoms with Crippen LogP contribution in [0.2, 0.25) is 23.2 Å². The van der Waals surface area contributed by atoms with Gasteiger partial charge in [-0.15, -0.1) is 0 Å². The molecule has 1 rings (SSSR count). The van der Waals surface area contributed by atoms with Gasteiger partial charge in [0.15, 0.2) is 5.75 Å². The molecular weight excluding hydrogens is 270 g/mol. The van der Waals surface area contributed by atoms with Crippen LogP contribution < -0.4 is 4.43 Å². The van der Waals surface area contributed by atoms with Crippen LogP contribution in [0.4, 0.5) is 5.69 Å². The molecule has 0 spiro atoms. The van der Waals surface area contributed by atoms with Gasteiger partial charge in [-0.3, -0.25) is 10.1 Å². The largest absolute Gasteiger partial charge is 0.539 e. The Labute approximate surface area is 113 Å². The topological polar surface area (TPSA) is 52.4 Å². The lowest BCUT2D eigenvalue weighted by atomic mass is 10.2. The van der Waals surface area contributed by atoms with E-state index in [1.165, 1.54) is 6.07 Å². The first-order valence-corrected chi connectivity index (χ1v) is 8.96. The van der Waals surface area contributed by atoms with Gasteiger partial charge < -0.3 is 4.43 Å². The maximum atomic E-state index is 11.0. The molecule has 0 N–H and O–H groups in total. The molecule has 0 atom stereocenters. The molecule has 1 aromatic carbocycles. The molecule has 0 saturated carbocycles. The average molecular weight is 288 g/mol. The molecule has 0 radical (unpaired) electrons. The molecule has 0 aromatic heterocycles. The molecule has 0 fully saturated rings. The summed E-state index contributed by atoms with van der Waals surface area (Å²) in [6.07, 6.45) is 0. The third kappa shape index (κ3) is 3.23. The fourth-order valence-electron chi connectivity index (χ4n) is 1.15. The summed E-state index contributed by atoms with van der Waals surface area (Å²) in [5.74, 6) is 0.302. The normalized spacial score (nSPS) is 12.3. The second-order valence-electron chi connectivity index (χ2n) is 5.73. The van der Waals surface area contributed by atoms with Gasteiger partial charge in [0, 0.05) is 11.1 Å². The Kier molecular flexibility index (Phi) is 4.07. The van der Waals surface area contributed by atoms with Crippen molar-refractivity contribution in [1.29, 1.82) is 0 Å². The van der Waals surface area contributed by atoms with Crippen LogP contribution in [0.1, 0.15) is 20.8 Å². The smallest absolute Gasteiger partial charge is 0.311 e. The zero-order chi connectivity index (χ0) is 14.1. The van der Waals surface area contributed by atoms with Gasteiger partial charge in [0.2, 0.25) is 0 Å². The number of hydrogen-bond donors (Lipinski definition) is 0. The number of nitrogens with zero attached hydrogens (tertiary/aromatic N) is 1. The van der Waals surface area contributed by atoms with Crippen LogP contribution in [0.25, 0.3) is 0 Å². The van der Waals surface area contributed by atoms with Crippen LogP contribution >= 0.6 is 11.6 Å². The highest BCUT2D eigenvalue weighted by molar-refractivity contribution is 6.74. The molecule has 0 aliphatic carbocycles. The van der Waals surface area contributed by atoms with Gasteiger partial charge in [-0.2, -0.15) is 0 Å². The maximum Gasteiger partial charge on any atom is 0.311 e. The van der Waals surface area contributed by atoms with Crippen LogP contribution in [-0.2, 0) is 0 Å². The molecule has 0 unspecified atom stereocenters. The van der Waals surface area contributed by atoms with E-state index >= 15 is 0 Å². The van der Waals surface area contributed by atoms with Crippen LogP contribution in [-0.4, -0.2) is 13.2 Å². The van der Waals surface area contributed by atoms with E-state index in [9.17, 15) is 10.1 Å². The minimum atomic E-state index is -2.09.